The van der Waals surface area contributed by atoms with Gasteiger partial charge in [-0.3, -0.25) is 4.79 Å². The average Bonchev–Trinajstić information content (AvgIpc) is 2.32. The number of ether oxygens (including phenoxy) is 1. The lowest BCUT2D eigenvalue weighted by atomic mass is 9.99. The summed E-state index contributed by atoms with van der Waals surface area (Å²) >= 11 is 5.53. The molecule has 1 aromatic rings. The van der Waals surface area contributed by atoms with E-state index in [0.29, 0.717) is 18.8 Å². The smallest absolute Gasteiger partial charge is 0.221 e. The van der Waals surface area contributed by atoms with Gasteiger partial charge < -0.3 is 10.1 Å². The molecule has 0 bridgehead atoms. The van der Waals surface area contributed by atoms with Gasteiger partial charge in [0.05, 0.1) is 7.11 Å². The van der Waals surface area contributed by atoms with Crippen molar-refractivity contribution in [1.82, 2.24) is 5.32 Å². The predicted molar refractivity (Wildman–Crippen MR) is 74.4 cm³/mol. The Morgan fingerprint density at radius 1 is 1.33 bits per heavy atom. The fourth-order valence-corrected chi connectivity index (χ4v) is 2.13. The van der Waals surface area contributed by atoms with E-state index in [1.54, 1.807) is 7.11 Å². The second-order valence-electron chi connectivity index (χ2n) is 4.36. The van der Waals surface area contributed by atoms with Crippen LogP contribution in [-0.2, 0) is 11.3 Å². The number of methoxy groups -OCH3 is 1. The van der Waals surface area contributed by atoms with Crippen LogP contribution in [0, 0.1) is 20.8 Å². The SMILES string of the molecule is COc1c(C)c(C)cc(C)c1CNC(=O)CCCl. The minimum absolute atomic E-state index is 0.0373. The van der Waals surface area contributed by atoms with E-state index >= 15 is 0 Å². The van der Waals surface area contributed by atoms with Crippen LogP contribution in [0.15, 0.2) is 6.07 Å². The lowest BCUT2D eigenvalue weighted by Crippen LogP contribution is -2.23. The number of halogens is 1. The Morgan fingerprint density at radius 2 is 2.00 bits per heavy atom. The number of rotatable bonds is 5. The molecule has 4 heteroatoms. The van der Waals surface area contributed by atoms with Crippen LogP contribution in [0.3, 0.4) is 0 Å². The summed E-state index contributed by atoms with van der Waals surface area (Å²) in [6, 6.07) is 2.11. The molecule has 0 heterocycles. The number of alkyl halides is 1. The highest BCUT2D eigenvalue weighted by atomic mass is 35.5. The molecule has 18 heavy (non-hydrogen) atoms. The molecule has 0 aliphatic rings. The summed E-state index contributed by atoms with van der Waals surface area (Å²) in [4.78, 5) is 11.4. The van der Waals surface area contributed by atoms with Crippen molar-refractivity contribution in [2.75, 3.05) is 13.0 Å². The molecule has 0 radical (unpaired) electrons. The van der Waals surface area contributed by atoms with E-state index in [-0.39, 0.29) is 5.91 Å². The number of nitrogens with one attached hydrogen (secondary N) is 1. The molecule has 1 aromatic carbocycles. The Labute approximate surface area is 113 Å². The summed E-state index contributed by atoms with van der Waals surface area (Å²) in [6.45, 7) is 6.59. The van der Waals surface area contributed by atoms with E-state index in [4.69, 9.17) is 16.3 Å². The first-order valence-electron chi connectivity index (χ1n) is 5.97. The highest BCUT2D eigenvalue weighted by Crippen LogP contribution is 2.29. The van der Waals surface area contributed by atoms with Crippen LogP contribution in [0.4, 0.5) is 0 Å². The molecule has 1 N–H and O–H groups in total. The Balaban J connectivity index is 2.94. The first-order valence-corrected chi connectivity index (χ1v) is 6.51. The number of carbonyl (C=O) groups is 1. The normalized spacial score (nSPS) is 10.3. The van der Waals surface area contributed by atoms with Gasteiger partial charge in [0, 0.05) is 24.4 Å². The second-order valence-corrected chi connectivity index (χ2v) is 4.74. The molecule has 1 amide bonds. The van der Waals surface area contributed by atoms with Crippen molar-refractivity contribution < 1.29 is 9.53 Å². The van der Waals surface area contributed by atoms with Gasteiger partial charge in [-0.2, -0.15) is 0 Å². The molecule has 0 spiro atoms. The van der Waals surface area contributed by atoms with Crippen molar-refractivity contribution in [2.24, 2.45) is 0 Å². The van der Waals surface area contributed by atoms with E-state index in [9.17, 15) is 4.79 Å². The van der Waals surface area contributed by atoms with Gasteiger partial charge in [0.2, 0.25) is 5.91 Å². The number of carbonyl (C=O) groups excluding carboxylic acids is 1. The fraction of sp³-hybridized carbons (Fsp3) is 0.500. The van der Waals surface area contributed by atoms with Crippen LogP contribution >= 0.6 is 11.6 Å². The summed E-state index contributed by atoms with van der Waals surface area (Å²) in [5.74, 6) is 1.16. The largest absolute Gasteiger partial charge is 0.496 e. The minimum atomic E-state index is -0.0373. The second kappa shape index (κ2) is 6.64. The number of hydrogen-bond acceptors (Lipinski definition) is 2. The lowest BCUT2D eigenvalue weighted by molar-refractivity contribution is -0.120. The van der Waals surface area contributed by atoms with E-state index in [0.717, 1.165) is 22.4 Å². The minimum Gasteiger partial charge on any atom is -0.496 e. The molecule has 0 saturated carbocycles. The molecular formula is C14H20ClNO2. The highest BCUT2D eigenvalue weighted by molar-refractivity contribution is 6.18. The first kappa shape index (κ1) is 14.8. The van der Waals surface area contributed by atoms with Gasteiger partial charge in [0.1, 0.15) is 5.75 Å². The Bertz CT molecular complexity index is 444. The van der Waals surface area contributed by atoms with Crippen LogP contribution in [0.25, 0.3) is 0 Å². The zero-order valence-electron chi connectivity index (χ0n) is 11.4. The van der Waals surface area contributed by atoms with Gasteiger partial charge >= 0.3 is 0 Å². The summed E-state index contributed by atoms with van der Waals surface area (Å²) in [5.41, 5.74) is 4.47. The van der Waals surface area contributed by atoms with E-state index in [1.165, 1.54) is 5.56 Å². The van der Waals surface area contributed by atoms with Gasteiger partial charge in [-0.1, -0.05) is 6.07 Å². The number of hydrogen-bond donors (Lipinski definition) is 1. The zero-order valence-corrected chi connectivity index (χ0v) is 12.1. The van der Waals surface area contributed by atoms with Gasteiger partial charge in [0.25, 0.3) is 0 Å². The molecule has 0 saturated heterocycles. The third kappa shape index (κ3) is 3.39. The molecule has 1 rings (SSSR count). The van der Waals surface area contributed by atoms with Crippen molar-refractivity contribution in [3.05, 3.63) is 28.3 Å². The standard InChI is InChI=1S/C14H20ClNO2/c1-9-7-10(2)12(14(18-4)11(9)3)8-16-13(17)5-6-15/h7H,5-6,8H2,1-4H3,(H,16,17). The first-order chi connectivity index (χ1) is 8.51. The van der Waals surface area contributed by atoms with Crippen LogP contribution in [0.2, 0.25) is 0 Å². The Morgan fingerprint density at radius 3 is 2.56 bits per heavy atom. The van der Waals surface area contributed by atoms with E-state index in [1.807, 2.05) is 13.8 Å². The third-order valence-electron chi connectivity index (χ3n) is 3.10. The van der Waals surface area contributed by atoms with Gasteiger partial charge in [-0.15, -0.1) is 11.6 Å². The number of benzene rings is 1. The number of aryl methyl sites for hydroxylation is 2. The monoisotopic (exact) mass is 269 g/mol. The zero-order chi connectivity index (χ0) is 13.7. The molecule has 0 unspecified atom stereocenters. The topological polar surface area (TPSA) is 38.3 Å². The Kier molecular flexibility index (Phi) is 5.48. The van der Waals surface area contributed by atoms with Crippen molar-refractivity contribution in [3.8, 4) is 5.75 Å². The third-order valence-corrected chi connectivity index (χ3v) is 3.29. The summed E-state index contributed by atoms with van der Waals surface area (Å²) in [5, 5.41) is 2.86. The predicted octanol–water partition coefficient (Wildman–Crippen LogP) is 2.87. The summed E-state index contributed by atoms with van der Waals surface area (Å²) < 4.78 is 5.45. The van der Waals surface area contributed by atoms with Gasteiger partial charge in [0.15, 0.2) is 0 Å². The van der Waals surface area contributed by atoms with Crippen molar-refractivity contribution >= 4 is 17.5 Å². The van der Waals surface area contributed by atoms with Crippen LogP contribution < -0.4 is 10.1 Å². The molecule has 0 atom stereocenters. The molecule has 3 nitrogen and oxygen atoms in total. The van der Waals surface area contributed by atoms with Crippen LogP contribution in [-0.4, -0.2) is 18.9 Å². The maximum atomic E-state index is 11.4. The van der Waals surface area contributed by atoms with Crippen LogP contribution in [0.1, 0.15) is 28.7 Å². The highest BCUT2D eigenvalue weighted by Gasteiger charge is 2.12. The van der Waals surface area contributed by atoms with Crippen molar-refractivity contribution in [3.63, 3.8) is 0 Å². The van der Waals surface area contributed by atoms with Gasteiger partial charge in [-0.25, -0.2) is 0 Å². The average molecular weight is 270 g/mol. The molecule has 0 aliphatic carbocycles. The van der Waals surface area contributed by atoms with Crippen LogP contribution in [0.5, 0.6) is 5.75 Å². The van der Waals surface area contributed by atoms with Crippen molar-refractivity contribution in [2.45, 2.75) is 33.7 Å². The lowest BCUT2D eigenvalue weighted by Gasteiger charge is -2.17. The maximum absolute atomic E-state index is 11.4. The fourth-order valence-electron chi connectivity index (χ4n) is 1.96. The summed E-state index contributed by atoms with van der Waals surface area (Å²) in [6.07, 6.45) is 0.341. The quantitative estimate of drug-likeness (QED) is 0.835. The van der Waals surface area contributed by atoms with Crippen molar-refractivity contribution in [1.29, 1.82) is 0 Å². The van der Waals surface area contributed by atoms with E-state index < -0.39 is 0 Å². The number of amides is 1. The molecule has 0 aromatic heterocycles. The molecular weight excluding hydrogens is 250 g/mol. The maximum Gasteiger partial charge on any atom is 0.221 e. The van der Waals surface area contributed by atoms with E-state index in [2.05, 4.69) is 18.3 Å². The molecule has 100 valence electrons. The Hall–Kier alpha value is -1.22. The van der Waals surface area contributed by atoms with Gasteiger partial charge in [-0.05, 0) is 37.5 Å². The molecule has 0 fully saturated rings. The summed E-state index contributed by atoms with van der Waals surface area (Å²) in [7, 11) is 1.66. The molecule has 0 aliphatic heterocycles.